The second kappa shape index (κ2) is 8.22. The van der Waals surface area contributed by atoms with Crippen molar-refractivity contribution in [2.45, 2.75) is 25.4 Å². The summed E-state index contributed by atoms with van der Waals surface area (Å²) in [5, 5.41) is 12.9. The molecule has 0 aliphatic rings. The second-order valence-electron chi connectivity index (χ2n) is 4.30. The molecule has 5 heteroatoms. The largest absolute Gasteiger partial charge is 0.383 e. The van der Waals surface area contributed by atoms with Crippen molar-refractivity contribution in [3.05, 3.63) is 22.4 Å². The van der Waals surface area contributed by atoms with Crippen molar-refractivity contribution in [3.63, 3.8) is 0 Å². The number of hydrogen-bond acceptors (Lipinski definition) is 5. The predicted octanol–water partition coefficient (Wildman–Crippen LogP) is 2.00. The third-order valence-corrected chi connectivity index (χ3v) is 3.57. The maximum atomic E-state index is 8.75. The molecule has 0 aliphatic carbocycles. The second-order valence-corrected chi connectivity index (χ2v) is 5.08. The fraction of sp³-hybridized carbons (Fsp3) is 0.615. The van der Waals surface area contributed by atoms with Gasteiger partial charge >= 0.3 is 0 Å². The molecular formula is C13H21N3OS. The molecule has 0 bridgehead atoms. The fourth-order valence-corrected chi connectivity index (χ4v) is 2.77. The standard InChI is InChI=1S/C13H21N3OS/c1-11(15)13(12-4-9-18-10-12)16(6-3-5-14)7-8-17-2/h4,9-11,13H,3,6-8,15H2,1-2H3. The van der Waals surface area contributed by atoms with Gasteiger partial charge in [0.1, 0.15) is 0 Å². The molecular weight excluding hydrogens is 246 g/mol. The van der Waals surface area contributed by atoms with Gasteiger partial charge in [-0.05, 0) is 29.3 Å². The molecule has 2 unspecified atom stereocenters. The van der Waals surface area contributed by atoms with Crippen LogP contribution in [0.25, 0.3) is 0 Å². The lowest BCUT2D eigenvalue weighted by Crippen LogP contribution is -2.41. The first kappa shape index (κ1) is 15.1. The molecule has 0 amide bonds. The molecule has 2 atom stereocenters. The van der Waals surface area contributed by atoms with Gasteiger partial charge in [0.2, 0.25) is 0 Å². The molecule has 0 aliphatic heterocycles. The number of ether oxygens (including phenoxy) is 1. The number of nitriles is 1. The lowest BCUT2D eigenvalue weighted by atomic mass is 10.0. The molecule has 1 aromatic rings. The van der Waals surface area contributed by atoms with E-state index in [0.717, 1.165) is 13.1 Å². The molecule has 0 fully saturated rings. The Hall–Kier alpha value is -0.930. The van der Waals surface area contributed by atoms with E-state index in [1.54, 1.807) is 18.4 Å². The van der Waals surface area contributed by atoms with Crippen LogP contribution < -0.4 is 5.73 Å². The molecule has 1 rings (SSSR count). The molecule has 0 spiro atoms. The zero-order valence-corrected chi connectivity index (χ0v) is 11.8. The lowest BCUT2D eigenvalue weighted by Gasteiger charge is -2.33. The van der Waals surface area contributed by atoms with Crippen molar-refractivity contribution >= 4 is 11.3 Å². The molecule has 4 nitrogen and oxygen atoms in total. The van der Waals surface area contributed by atoms with Crippen LogP contribution in [0.2, 0.25) is 0 Å². The molecule has 1 heterocycles. The Bertz CT molecular complexity index is 359. The maximum absolute atomic E-state index is 8.75. The summed E-state index contributed by atoms with van der Waals surface area (Å²) in [5.41, 5.74) is 7.34. The first-order valence-corrected chi connectivity index (χ1v) is 7.02. The van der Waals surface area contributed by atoms with Gasteiger partial charge in [0, 0.05) is 32.7 Å². The summed E-state index contributed by atoms with van der Waals surface area (Å²) in [4.78, 5) is 2.24. The van der Waals surface area contributed by atoms with Gasteiger partial charge in [-0.1, -0.05) is 0 Å². The number of rotatable bonds is 8. The SMILES string of the molecule is COCCN(CCC#N)C(c1ccsc1)C(C)N. The van der Waals surface area contributed by atoms with Crippen LogP contribution in [-0.2, 0) is 4.74 Å². The minimum Gasteiger partial charge on any atom is -0.383 e. The van der Waals surface area contributed by atoms with E-state index in [2.05, 4.69) is 27.8 Å². The summed E-state index contributed by atoms with van der Waals surface area (Å²) in [6.45, 7) is 4.18. The smallest absolute Gasteiger partial charge is 0.0635 e. The highest BCUT2D eigenvalue weighted by Gasteiger charge is 2.23. The number of methoxy groups -OCH3 is 1. The van der Waals surface area contributed by atoms with Crippen molar-refractivity contribution in [2.75, 3.05) is 26.8 Å². The van der Waals surface area contributed by atoms with E-state index in [9.17, 15) is 0 Å². The van der Waals surface area contributed by atoms with Gasteiger partial charge in [-0.2, -0.15) is 16.6 Å². The van der Waals surface area contributed by atoms with Crippen LogP contribution in [0.5, 0.6) is 0 Å². The summed E-state index contributed by atoms with van der Waals surface area (Å²) >= 11 is 1.67. The number of hydrogen-bond donors (Lipinski definition) is 1. The first-order chi connectivity index (χ1) is 8.70. The first-order valence-electron chi connectivity index (χ1n) is 6.08. The van der Waals surface area contributed by atoms with Crippen molar-refractivity contribution in [2.24, 2.45) is 5.73 Å². The van der Waals surface area contributed by atoms with E-state index in [1.807, 2.05) is 6.92 Å². The Kier molecular flexibility index (Phi) is 6.91. The van der Waals surface area contributed by atoms with Crippen LogP contribution in [0.15, 0.2) is 16.8 Å². The van der Waals surface area contributed by atoms with Crippen LogP contribution in [0.3, 0.4) is 0 Å². The Balaban J connectivity index is 2.80. The minimum absolute atomic E-state index is 0.0233. The number of thiophene rings is 1. The van der Waals surface area contributed by atoms with E-state index in [0.29, 0.717) is 13.0 Å². The topological polar surface area (TPSA) is 62.3 Å². The van der Waals surface area contributed by atoms with Gasteiger partial charge in [-0.25, -0.2) is 0 Å². The Morgan fingerprint density at radius 2 is 2.33 bits per heavy atom. The minimum atomic E-state index is 0.0233. The maximum Gasteiger partial charge on any atom is 0.0635 e. The van der Waals surface area contributed by atoms with Crippen molar-refractivity contribution < 1.29 is 4.74 Å². The van der Waals surface area contributed by atoms with Gasteiger partial charge < -0.3 is 10.5 Å². The summed E-state index contributed by atoms with van der Waals surface area (Å²) in [5.74, 6) is 0. The van der Waals surface area contributed by atoms with Crippen molar-refractivity contribution in [1.82, 2.24) is 4.90 Å². The molecule has 0 radical (unpaired) electrons. The van der Waals surface area contributed by atoms with Gasteiger partial charge in [-0.15, -0.1) is 0 Å². The zero-order chi connectivity index (χ0) is 13.4. The highest BCUT2D eigenvalue weighted by molar-refractivity contribution is 7.07. The fourth-order valence-electron chi connectivity index (χ4n) is 2.08. The molecule has 0 saturated carbocycles. The highest BCUT2D eigenvalue weighted by atomic mass is 32.1. The molecule has 100 valence electrons. The number of nitrogens with two attached hydrogens (primary N) is 1. The molecule has 0 aromatic carbocycles. The van der Waals surface area contributed by atoms with E-state index < -0.39 is 0 Å². The number of nitrogens with zero attached hydrogens (tertiary/aromatic N) is 2. The molecule has 0 saturated heterocycles. The zero-order valence-electron chi connectivity index (χ0n) is 11.0. The van der Waals surface area contributed by atoms with Crippen LogP contribution in [0.1, 0.15) is 24.9 Å². The summed E-state index contributed by atoms with van der Waals surface area (Å²) in [7, 11) is 1.69. The van der Waals surface area contributed by atoms with Gasteiger partial charge in [0.05, 0.1) is 18.7 Å². The van der Waals surface area contributed by atoms with E-state index in [-0.39, 0.29) is 12.1 Å². The summed E-state index contributed by atoms with van der Waals surface area (Å²) in [6.07, 6.45) is 0.511. The van der Waals surface area contributed by atoms with E-state index in [4.69, 9.17) is 15.7 Å². The van der Waals surface area contributed by atoms with Crippen molar-refractivity contribution in [1.29, 1.82) is 5.26 Å². The normalized spacial score (nSPS) is 14.4. The highest BCUT2D eigenvalue weighted by Crippen LogP contribution is 2.25. The van der Waals surface area contributed by atoms with Gasteiger partial charge in [0.25, 0.3) is 0 Å². The average molecular weight is 267 g/mol. The van der Waals surface area contributed by atoms with E-state index >= 15 is 0 Å². The molecule has 18 heavy (non-hydrogen) atoms. The van der Waals surface area contributed by atoms with Crippen LogP contribution >= 0.6 is 11.3 Å². The Morgan fingerprint density at radius 3 is 2.83 bits per heavy atom. The van der Waals surface area contributed by atoms with Crippen LogP contribution in [-0.4, -0.2) is 37.7 Å². The molecule has 1 aromatic heterocycles. The van der Waals surface area contributed by atoms with Gasteiger partial charge in [0.15, 0.2) is 0 Å². The summed E-state index contributed by atoms with van der Waals surface area (Å²) in [6, 6.07) is 4.47. The molecule has 2 N–H and O–H groups in total. The monoisotopic (exact) mass is 267 g/mol. The van der Waals surface area contributed by atoms with Crippen LogP contribution in [0.4, 0.5) is 0 Å². The predicted molar refractivity (Wildman–Crippen MR) is 74.4 cm³/mol. The van der Waals surface area contributed by atoms with Gasteiger partial charge in [-0.3, -0.25) is 4.90 Å². The third-order valence-electron chi connectivity index (χ3n) is 2.87. The lowest BCUT2D eigenvalue weighted by molar-refractivity contribution is 0.112. The Morgan fingerprint density at radius 1 is 1.56 bits per heavy atom. The Labute approximate surface area is 113 Å². The average Bonchev–Trinajstić information content (AvgIpc) is 2.85. The summed E-state index contributed by atoms with van der Waals surface area (Å²) < 4.78 is 5.14. The van der Waals surface area contributed by atoms with Crippen LogP contribution in [0, 0.1) is 11.3 Å². The van der Waals surface area contributed by atoms with E-state index in [1.165, 1.54) is 5.56 Å². The quantitative estimate of drug-likeness (QED) is 0.782. The van der Waals surface area contributed by atoms with Crippen molar-refractivity contribution in [3.8, 4) is 6.07 Å². The third kappa shape index (κ3) is 4.39.